The Bertz CT molecular complexity index is 256. The SMILES string of the molecule is CCN(C1CCCC1)C1(CN)CCC(C)(C)C1. The van der Waals surface area contributed by atoms with Crippen molar-refractivity contribution in [1.82, 2.24) is 4.90 Å². The maximum atomic E-state index is 6.19. The minimum Gasteiger partial charge on any atom is -0.329 e. The van der Waals surface area contributed by atoms with E-state index in [2.05, 4.69) is 25.7 Å². The second-order valence-electron chi connectivity index (χ2n) is 6.99. The van der Waals surface area contributed by atoms with Crippen molar-refractivity contribution in [2.75, 3.05) is 13.1 Å². The van der Waals surface area contributed by atoms with Crippen LogP contribution in [0, 0.1) is 5.41 Å². The highest BCUT2D eigenvalue weighted by atomic mass is 15.2. The lowest BCUT2D eigenvalue weighted by Crippen LogP contribution is -2.56. The van der Waals surface area contributed by atoms with E-state index in [1.807, 2.05) is 0 Å². The van der Waals surface area contributed by atoms with Gasteiger partial charge < -0.3 is 5.73 Å². The largest absolute Gasteiger partial charge is 0.329 e. The molecule has 1 unspecified atom stereocenters. The molecule has 0 aromatic heterocycles. The molecular weight excluding hydrogens is 208 g/mol. The van der Waals surface area contributed by atoms with E-state index in [0.717, 1.165) is 12.6 Å². The Kier molecular flexibility index (Phi) is 3.84. The van der Waals surface area contributed by atoms with Crippen molar-refractivity contribution in [2.24, 2.45) is 11.1 Å². The molecule has 2 nitrogen and oxygen atoms in total. The van der Waals surface area contributed by atoms with Gasteiger partial charge in [-0.3, -0.25) is 4.90 Å². The fraction of sp³-hybridized carbons (Fsp3) is 1.00. The highest BCUT2D eigenvalue weighted by molar-refractivity contribution is 5.04. The first-order valence-corrected chi connectivity index (χ1v) is 7.50. The number of nitrogens with zero attached hydrogens (tertiary/aromatic N) is 1. The van der Waals surface area contributed by atoms with E-state index in [1.54, 1.807) is 0 Å². The molecule has 0 spiro atoms. The molecule has 1 atom stereocenters. The summed E-state index contributed by atoms with van der Waals surface area (Å²) >= 11 is 0. The highest BCUT2D eigenvalue weighted by Gasteiger charge is 2.47. The molecule has 0 amide bonds. The average molecular weight is 238 g/mol. The van der Waals surface area contributed by atoms with Crippen molar-refractivity contribution < 1.29 is 0 Å². The van der Waals surface area contributed by atoms with E-state index in [-0.39, 0.29) is 0 Å². The van der Waals surface area contributed by atoms with Gasteiger partial charge in [0.2, 0.25) is 0 Å². The zero-order valence-corrected chi connectivity index (χ0v) is 12.0. The van der Waals surface area contributed by atoms with Crippen molar-refractivity contribution in [3.63, 3.8) is 0 Å². The summed E-state index contributed by atoms with van der Waals surface area (Å²) in [6, 6.07) is 0.817. The molecule has 2 rings (SSSR count). The molecule has 0 heterocycles. The quantitative estimate of drug-likeness (QED) is 0.815. The molecule has 2 fully saturated rings. The predicted octanol–water partition coefficient (Wildman–Crippen LogP) is 3.16. The summed E-state index contributed by atoms with van der Waals surface area (Å²) < 4.78 is 0. The van der Waals surface area contributed by atoms with Crippen LogP contribution in [-0.2, 0) is 0 Å². The second-order valence-corrected chi connectivity index (χ2v) is 6.99. The third kappa shape index (κ3) is 2.53. The second kappa shape index (κ2) is 4.89. The Balaban J connectivity index is 2.15. The van der Waals surface area contributed by atoms with Crippen LogP contribution in [0.1, 0.15) is 65.7 Å². The summed E-state index contributed by atoms with van der Waals surface area (Å²) in [5.74, 6) is 0. The van der Waals surface area contributed by atoms with Gasteiger partial charge in [0.25, 0.3) is 0 Å². The topological polar surface area (TPSA) is 29.3 Å². The Morgan fingerprint density at radius 3 is 2.24 bits per heavy atom. The highest BCUT2D eigenvalue weighted by Crippen LogP contribution is 2.47. The monoisotopic (exact) mass is 238 g/mol. The number of likely N-dealkylation sites (N-methyl/N-ethyl adjacent to an activating group) is 1. The first-order chi connectivity index (χ1) is 8.03. The normalized spacial score (nSPS) is 33.7. The van der Waals surface area contributed by atoms with Crippen molar-refractivity contribution in [1.29, 1.82) is 0 Å². The lowest BCUT2D eigenvalue weighted by molar-refractivity contribution is 0.0515. The van der Waals surface area contributed by atoms with E-state index >= 15 is 0 Å². The molecule has 0 aromatic carbocycles. The lowest BCUT2D eigenvalue weighted by Gasteiger charge is -2.45. The van der Waals surface area contributed by atoms with E-state index < -0.39 is 0 Å². The minimum atomic E-state index is 0.313. The summed E-state index contributed by atoms with van der Waals surface area (Å²) in [5.41, 5.74) is 7.00. The summed E-state index contributed by atoms with van der Waals surface area (Å²) in [7, 11) is 0. The Morgan fingerprint density at radius 2 is 1.82 bits per heavy atom. The van der Waals surface area contributed by atoms with Gasteiger partial charge in [-0.15, -0.1) is 0 Å². The Hall–Kier alpha value is -0.0800. The van der Waals surface area contributed by atoms with Gasteiger partial charge in [-0.05, 0) is 44.1 Å². The molecule has 0 radical (unpaired) electrons. The standard InChI is InChI=1S/C15H30N2/c1-4-17(13-7-5-6-8-13)15(12-16)10-9-14(2,3)11-15/h13H,4-12,16H2,1-3H3. The van der Waals surface area contributed by atoms with Crippen LogP contribution >= 0.6 is 0 Å². The van der Waals surface area contributed by atoms with Gasteiger partial charge in [-0.2, -0.15) is 0 Å². The molecule has 2 saturated carbocycles. The van der Waals surface area contributed by atoms with E-state index in [0.29, 0.717) is 11.0 Å². The first kappa shape index (κ1) is 13.4. The van der Waals surface area contributed by atoms with Gasteiger partial charge >= 0.3 is 0 Å². The number of nitrogens with two attached hydrogens (primary N) is 1. The summed E-state index contributed by atoms with van der Waals surface area (Å²) in [6.07, 6.45) is 9.58. The van der Waals surface area contributed by atoms with Crippen molar-refractivity contribution >= 4 is 0 Å². The van der Waals surface area contributed by atoms with Crippen LogP contribution in [0.3, 0.4) is 0 Å². The molecule has 2 N–H and O–H groups in total. The van der Waals surface area contributed by atoms with E-state index in [4.69, 9.17) is 5.73 Å². The number of hydrogen-bond acceptors (Lipinski definition) is 2. The van der Waals surface area contributed by atoms with Crippen LogP contribution in [0.25, 0.3) is 0 Å². The molecule has 17 heavy (non-hydrogen) atoms. The zero-order valence-electron chi connectivity index (χ0n) is 12.0. The van der Waals surface area contributed by atoms with E-state index in [9.17, 15) is 0 Å². The fourth-order valence-corrected chi connectivity index (χ4v) is 4.37. The Morgan fingerprint density at radius 1 is 1.18 bits per heavy atom. The first-order valence-electron chi connectivity index (χ1n) is 7.50. The maximum absolute atomic E-state index is 6.19. The van der Waals surface area contributed by atoms with Crippen LogP contribution in [0.2, 0.25) is 0 Å². The number of rotatable bonds is 4. The molecule has 0 aliphatic heterocycles. The molecule has 2 aliphatic rings. The minimum absolute atomic E-state index is 0.313. The van der Waals surface area contributed by atoms with Gasteiger partial charge in [0.05, 0.1) is 0 Å². The van der Waals surface area contributed by atoms with Crippen LogP contribution < -0.4 is 5.73 Å². The van der Waals surface area contributed by atoms with Crippen LogP contribution in [0.4, 0.5) is 0 Å². The lowest BCUT2D eigenvalue weighted by atomic mass is 9.85. The summed E-state index contributed by atoms with van der Waals surface area (Å²) in [6.45, 7) is 9.17. The van der Waals surface area contributed by atoms with Crippen LogP contribution in [0.15, 0.2) is 0 Å². The van der Waals surface area contributed by atoms with Gasteiger partial charge in [0.1, 0.15) is 0 Å². The molecule has 100 valence electrons. The van der Waals surface area contributed by atoms with Crippen molar-refractivity contribution in [2.45, 2.75) is 77.3 Å². The van der Waals surface area contributed by atoms with E-state index in [1.165, 1.54) is 51.5 Å². The maximum Gasteiger partial charge on any atom is 0.0339 e. The molecule has 0 aromatic rings. The predicted molar refractivity (Wildman–Crippen MR) is 74.1 cm³/mol. The average Bonchev–Trinajstić information content (AvgIpc) is 2.89. The fourth-order valence-electron chi connectivity index (χ4n) is 4.37. The van der Waals surface area contributed by atoms with Gasteiger partial charge in [-0.25, -0.2) is 0 Å². The smallest absolute Gasteiger partial charge is 0.0339 e. The van der Waals surface area contributed by atoms with Gasteiger partial charge in [0, 0.05) is 18.1 Å². The Labute approximate surface area is 107 Å². The van der Waals surface area contributed by atoms with Crippen LogP contribution in [-0.4, -0.2) is 29.6 Å². The van der Waals surface area contributed by atoms with Gasteiger partial charge in [-0.1, -0.05) is 33.6 Å². The summed E-state index contributed by atoms with van der Waals surface area (Å²) in [4.78, 5) is 2.77. The number of hydrogen-bond donors (Lipinski definition) is 1. The van der Waals surface area contributed by atoms with Crippen molar-refractivity contribution in [3.05, 3.63) is 0 Å². The molecular formula is C15H30N2. The summed E-state index contributed by atoms with van der Waals surface area (Å²) in [5, 5.41) is 0. The third-order valence-electron chi connectivity index (χ3n) is 5.17. The van der Waals surface area contributed by atoms with Gasteiger partial charge in [0.15, 0.2) is 0 Å². The zero-order chi connectivity index (χ0) is 12.5. The van der Waals surface area contributed by atoms with Crippen LogP contribution in [0.5, 0.6) is 0 Å². The molecule has 0 bridgehead atoms. The third-order valence-corrected chi connectivity index (χ3v) is 5.17. The van der Waals surface area contributed by atoms with Crippen molar-refractivity contribution in [3.8, 4) is 0 Å². The molecule has 2 heteroatoms. The molecule has 0 saturated heterocycles. The molecule has 2 aliphatic carbocycles.